The molecule has 1 saturated heterocycles. The lowest BCUT2D eigenvalue weighted by atomic mass is 9.83. The molecule has 3 atom stereocenters. The quantitative estimate of drug-likeness (QED) is 0.582. The Bertz CT molecular complexity index is 1010. The Kier molecular flexibility index (Phi) is 6.20. The zero-order chi connectivity index (χ0) is 21.1. The van der Waals surface area contributed by atoms with Gasteiger partial charge in [0.1, 0.15) is 5.82 Å². The molecule has 0 saturated carbocycles. The van der Waals surface area contributed by atoms with Gasteiger partial charge in [0.2, 0.25) is 5.88 Å². The van der Waals surface area contributed by atoms with Crippen LogP contribution in [0.15, 0.2) is 47.4 Å². The fraction of sp³-hybridized carbons (Fsp3) is 0.348. The maximum atomic E-state index is 13.5. The molecule has 4 rings (SSSR count). The van der Waals surface area contributed by atoms with Gasteiger partial charge in [-0.1, -0.05) is 0 Å². The number of nitrogens with one attached hydrogen (secondary N) is 1. The van der Waals surface area contributed by atoms with Crippen molar-refractivity contribution in [3.63, 3.8) is 0 Å². The Labute approximate surface area is 179 Å². The summed E-state index contributed by atoms with van der Waals surface area (Å²) in [7, 11) is 0. The summed E-state index contributed by atoms with van der Waals surface area (Å²) < 4.78 is 18.9. The minimum atomic E-state index is -0.404. The molecule has 0 spiro atoms. The lowest BCUT2D eigenvalue weighted by Crippen LogP contribution is -2.52. The number of halogens is 1. The Hall–Kier alpha value is -2.64. The van der Waals surface area contributed by atoms with Gasteiger partial charge in [0.15, 0.2) is 5.78 Å². The number of piperidine rings is 1. The van der Waals surface area contributed by atoms with E-state index >= 15 is 0 Å². The number of carbonyl (C=O) groups excluding carboxylic acids is 1. The van der Waals surface area contributed by atoms with Gasteiger partial charge >= 0.3 is 0 Å². The molecule has 30 heavy (non-hydrogen) atoms. The van der Waals surface area contributed by atoms with Gasteiger partial charge in [-0.2, -0.15) is 0 Å². The van der Waals surface area contributed by atoms with E-state index in [2.05, 4.69) is 22.2 Å². The third kappa shape index (κ3) is 4.74. The first kappa shape index (κ1) is 20.6. The van der Waals surface area contributed by atoms with Crippen LogP contribution < -0.4 is 10.1 Å². The van der Waals surface area contributed by atoms with Crippen molar-refractivity contribution >= 4 is 17.1 Å². The second-order valence-corrected chi connectivity index (χ2v) is 8.55. The fourth-order valence-corrected chi connectivity index (χ4v) is 4.44. The minimum absolute atomic E-state index is 0.00351. The number of ketones is 1. The maximum absolute atomic E-state index is 13.5. The molecule has 156 valence electrons. The zero-order valence-corrected chi connectivity index (χ0v) is 17.8. The normalized spacial score (nSPS) is 21.4. The molecule has 0 bridgehead atoms. The van der Waals surface area contributed by atoms with Gasteiger partial charge < -0.3 is 10.1 Å². The van der Waals surface area contributed by atoms with Crippen molar-refractivity contribution in [2.24, 2.45) is 5.92 Å². The highest BCUT2D eigenvalue weighted by molar-refractivity contribution is 7.07. The summed E-state index contributed by atoms with van der Waals surface area (Å²) in [5.74, 6) is 0.0210. The van der Waals surface area contributed by atoms with Gasteiger partial charge in [-0.05, 0) is 56.5 Å². The van der Waals surface area contributed by atoms with E-state index in [0.29, 0.717) is 18.1 Å². The molecule has 0 amide bonds. The van der Waals surface area contributed by atoms with E-state index in [9.17, 15) is 9.18 Å². The number of pyridine rings is 1. The van der Waals surface area contributed by atoms with Crippen molar-refractivity contribution in [3.05, 3.63) is 64.4 Å². The van der Waals surface area contributed by atoms with E-state index in [1.165, 1.54) is 23.5 Å². The molecule has 1 N–H and O–H groups in total. The number of rotatable bonds is 6. The van der Waals surface area contributed by atoms with Crippen molar-refractivity contribution in [1.82, 2.24) is 15.3 Å². The van der Waals surface area contributed by atoms with Gasteiger partial charge in [0, 0.05) is 34.5 Å². The second-order valence-electron chi connectivity index (χ2n) is 7.83. The molecule has 1 fully saturated rings. The van der Waals surface area contributed by atoms with Crippen molar-refractivity contribution in [3.8, 4) is 17.1 Å². The largest absolute Gasteiger partial charge is 0.477 e. The predicted octanol–water partition coefficient (Wildman–Crippen LogP) is 4.67. The van der Waals surface area contributed by atoms with E-state index in [1.807, 2.05) is 30.5 Å². The first-order chi connectivity index (χ1) is 14.5. The van der Waals surface area contributed by atoms with Crippen LogP contribution in [-0.4, -0.2) is 34.4 Å². The smallest absolute Gasteiger partial charge is 0.213 e. The molecule has 0 aliphatic carbocycles. The van der Waals surface area contributed by atoms with Crippen molar-refractivity contribution in [2.75, 3.05) is 6.61 Å². The summed E-state index contributed by atoms with van der Waals surface area (Å²) in [6, 6.07) is 8.62. The van der Waals surface area contributed by atoms with E-state index in [0.717, 1.165) is 35.9 Å². The first-order valence-electron chi connectivity index (χ1n) is 10.0. The van der Waals surface area contributed by atoms with Gasteiger partial charge in [0.05, 0.1) is 30.1 Å². The summed E-state index contributed by atoms with van der Waals surface area (Å²) >= 11 is 1.53. The van der Waals surface area contributed by atoms with Crippen LogP contribution in [0.3, 0.4) is 0 Å². The number of Topliss-reactive ketones (excluding diaryl/α,β-unsaturated/α-hetero) is 1. The van der Waals surface area contributed by atoms with Crippen LogP contribution >= 0.6 is 11.3 Å². The summed E-state index contributed by atoms with van der Waals surface area (Å²) in [6.45, 7) is 4.43. The van der Waals surface area contributed by atoms with Gasteiger partial charge in [-0.3, -0.25) is 4.79 Å². The van der Waals surface area contributed by atoms with Gasteiger partial charge in [0.25, 0.3) is 0 Å². The van der Waals surface area contributed by atoms with E-state index in [1.54, 1.807) is 5.51 Å². The van der Waals surface area contributed by atoms with Crippen LogP contribution in [0.25, 0.3) is 11.3 Å². The van der Waals surface area contributed by atoms with Crippen LogP contribution in [0, 0.1) is 18.7 Å². The van der Waals surface area contributed by atoms with Crippen LogP contribution in [0.4, 0.5) is 4.39 Å². The van der Waals surface area contributed by atoms with Crippen molar-refractivity contribution in [2.45, 2.75) is 38.8 Å². The topological polar surface area (TPSA) is 64.1 Å². The number of aryl methyl sites for hydroxylation is 1. The van der Waals surface area contributed by atoms with Crippen molar-refractivity contribution in [1.29, 1.82) is 0 Å². The van der Waals surface area contributed by atoms with E-state index in [-0.39, 0.29) is 23.8 Å². The Morgan fingerprint density at radius 3 is 2.87 bits per heavy atom. The summed E-state index contributed by atoms with van der Waals surface area (Å²) in [6.07, 6.45) is 2.97. The molecular weight excluding hydrogens is 401 g/mol. The first-order valence-corrected chi connectivity index (χ1v) is 11.0. The number of thiazole rings is 1. The number of ether oxygens (including phenoxy) is 1. The minimum Gasteiger partial charge on any atom is -0.477 e. The number of aromatic nitrogens is 2. The van der Waals surface area contributed by atoms with Crippen LogP contribution in [0.1, 0.15) is 35.7 Å². The zero-order valence-electron chi connectivity index (χ0n) is 17.0. The maximum Gasteiger partial charge on any atom is 0.213 e. The van der Waals surface area contributed by atoms with Gasteiger partial charge in [-0.15, -0.1) is 11.3 Å². The molecule has 1 unspecified atom stereocenters. The van der Waals surface area contributed by atoms with E-state index in [4.69, 9.17) is 4.74 Å². The Balaban J connectivity index is 1.54. The number of nitrogens with zero attached hydrogens (tertiary/aromatic N) is 2. The molecule has 1 aliphatic heterocycles. The number of benzene rings is 1. The van der Waals surface area contributed by atoms with Gasteiger partial charge in [-0.25, -0.2) is 14.4 Å². The Morgan fingerprint density at radius 1 is 1.27 bits per heavy atom. The third-order valence-electron chi connectivity index (χ3n) is 5.42. The van der Waals surface area contributed by atoms with E-state index < -0.39 is 5.82 Å². The average Bonchev–Trinajstić information content (AvgIpc) is 3.28. The highest BCUT2D eigenvalue weighted by Crippen LogP contribution is 2.27. The third-order valence-corrected chi connectivity index (χ3v) is 6.01. The molecule has 3 heterocycles. The second kappa shape index (κ2) is 9.02. The molecule has 7 heteroatoms. The monoisotopic (exact) mass is 425 g/mol. The molecule has 5 nitrogen and oxygen atoms in total. The summed E-state index contributed by atoms with van der Waals surface area (Å²) in [5.41, 5.74) is 5.32. The summed E-state index contributed by atoms with van der Waals surface area (Å²) in [5, 5.41) is 5.44. The van der Waals surface area contributed by atoms with Crippen LogP contribution in [0.5, 0.6) is 5.88 Å². The summed E-state index contributed by atoms with van der Waals surface area (Å²) in [4.78, 5) is 21.8. The lowest BCUT2D eigenvalue weighted by Gasteiger charge is -2.35. The molecule has 1 aliphatic rings. The Morgan fingerprint density at radius 2 is 2.13 bits per heavy atom. The SMILES string of the molecule is Cc1cc(C(=O)C2N[C@H](C)CC[C@H]2COc2ccc(F)cn2)cc(-c2cscn2)c1. The van der Waals surface area contributed by atoms with Crippen LogP contribution in [-0.2, 0) is 0 Å². The molecular formula is C23H24FN3O2S. The highest BCUT2D eigenvalue weighted by Gasteiger charge is 2.34. The fourth-order valence-electron chi connectivity index (χ4n) is 3.87. The molecule has 0 radical (unpaired) electrons. The average molecular weight is 426 g/mol. The molecule has 3 aromatic rings. The van der Waals surface area contributed by atoms with Crippen molar-refractivity contribution < 1.29 is 13.9 Å². The van der Waals surface area contributed by atoms with Crippen LogP contribution in [0.2, 0.25) is 0 Å². The number of carbonyl (C=O) groups is 1. The number of hydrogen-bond donors (Lipinski definition) is 1. The molecule has 2 aromatic heterocycles. The number of hydrogen-bond acceptors (Lipinski definition) is 6. The standard InChI is InChI=1S/C23H24FN3O2S/c1-14-7-17(20-12-30-13-26-20)9-18(8-14)23(28)22-16(4-3-15(2)27-22)11-29-21-6-5-19(24)10-25-21/h5-10,12-13,15-16,22,27H,3-4,11H2,1-2H3/t15-,16+,22?/m1/s1. The molecule has 1 aromatic carbocycles. The predicted molar refractivity (Wildman–Crippen MR) is 115 cm³/mol. The lowest BCUT2D eigenvalue weighted by molar-refractivity contribution is 0.0803. The highest BCUT2D eigenvalue weighted by atomic mass is 32.1.